The van der Waals surface area contributed by atoms with E-state index in [1.54, 1.807) is 4.68 Å². The van der Waals surface area contributed by atoms with Gasteiger partial charge in [-0.05, 0) is 20.1 Å². The van der Waals surface area contributed by atoms with Crippen LogP contribution in [0, 0.1) is 11.3 Å². The van der Waals surface area contributed by atoms with E-state index in [2.05, 4.69) is 21.1 Å². The molecule has 0 N–H and O–H groups in total. The predicted octanol–water partition coefficient (Wildman–Crippen LogP) is 1.84. The highest BCUT2D eigenvalue weighted by Gasteiger charge is 2.18. The van der Waals surface area contributed by atoms with Crippen LogP contribution in [0.1, 0.15) is 19.5 Å². The number of hydrogen-bond acceptors (Lipinski definition) is 6. The summed E-state index contributed by atoms with van der Waals surface area (Å²) in [5.74, 6) is 0.433. The Hall–Kier alpha value is -1.81. The minimum absolute atomic E-state index is 0.308. The van der Waals surface area contributed by atoms with Crippen molar-refractivity contribution in [2.45, 2.75) is 25.5 Å². The van der Waals surface area contributed by atoms with Crippen molar-refractivity contribution in [3.8, 4) is 11.9 Å². The first-order valence-electron chi connectivity index (χ1n) is 5.60. The molecule has 0 fully saturated rings. The topological polar surface area (TPSA) is 76.6 Å². The van der Waals surface area contributed by atoms with Crippen molar-refractivity contribution in [3.05, 3.63) is 5.69 Å². The van der Waals surface area contributed by atoms with Crippen molar-refractivity contribution in [2.24, 2.45) is 0 Å². The Balaban J connectivity index is 2.79. The number of nitrogens with zero attached hydrogens (tertiary/aromatic N) is 5. The van der Waals surface area contributed by atoms with Crippen molar-refractivity contribution in [1.82, 2.24) is 19.7 Å². The first kappa shape index (κ1) is 12.6. The van der Waals surface area contributed by atoms with Gasteiger partial charge in [0.05, 0.1) is 6.61 Å². The first-order chi connectivity index (χ1) is 8.74. The standard InChI is InChI=1S/C11H13N5OS/c1-4-16-9-8(7(6-12)15-16)10(17-5-2)14-11(13-9)18-3/h4-5H2,1-3H3. The lowest BCUT2D eigenvalue weighted by atomic mass is 10.3. The molecule has 0 amide bonds. The molecule has 0 aliphatic rings. The number of fused-ring (bicyclic) bond motifs is 1. The summed E-state index contributed by atoms with van der Waals surface area (Å²) >= 11 is 1.43. The van der Waals surface area contributed by atoms with E-state index in [9.17, 15) is 0 Å². The fourth-order valence-electron chi connectivity index (χ4n) is 1.65. The van der Waals surface area contributed by atoms with E-state index in [0.29, 0.717) is 40.9 Å². The summed E-state index contributed by atoms with van der Waals surface area (Å²) in [6.07, 6.45) is 1.90. The molecule has 0 bridgehead atoms. The number of aromatic nitrogens is 4. The van der Waals surface area contributed by atoms with Crippen LogP contribution in [-0.2, 0) is 6.54 Å². The van der Waals surface area contributed by atoms with Crippen LogP contribution in [0.5, 0.6) is 5.88 Å². The molecule has 2 aromatic heterocycles. The van der Waals surface area contributed by atoms with E-state index >= 15 is 0 Å². The van der Waals surface area contributed by atoms with Gasteiger partial charge in [0, 0.05) is 6.54 Å². The summed E-state index contributed by atoms with van der Waals surface area (Å²) in [6, 6.07) is 2.06. The highest BCUT2D eigenvalue weighted by molar-refractivity contribution is 7.98. The largest absolute Gasteiger partial charge is 0.477 e. The number of rotatable bonds is 4. The lowest BCUT2D eigenvalue weighted by molar-refractivity contribution is 0.328. The van der Waals surface area contributed by atoms with Crippen LogP contribution in [-0.4, -0.2) is 32.6 Å². The van der Waals surface area contributed by atoms with E-state index in [1.165, 1.54) is 11.8 Å². The molecule has 94 valence electrons. The minimum atomic E-state index is 0.308. The Morgan fingerprint density at radius 3 is 2.72 bits per heavy atom. The Kier molecular flexibility index (Phi) is 3.67. The van der Waals surface area contributed by atoms with Crippen LogP contribution in [0.15, 0.2) is 5.16 Å². The Morgan fingerprint density at radius 2 is 2.17 bits per heavy atom. The van der Waals surface area contributed by atoms with Gasteiger partial charge in [-0.25, -0.2) is 9.67 Å². The smallest absolute Gasteiger partial charge is 0.230 e. The molecule has 2 aromatic rings. The number of thioether (sulfide) groups is 1. The van der Waals surface area contributed by atoms with E-state index in [4.69, 9.17) is 10.00 Å². The third-order valence-corrected chi connectivity index (χ3v) is 2.95. The highest BCUT2D eigenvalue weighted by atomic mass is 32.2. The van der Waals surface area contributed by atoms with E-state index in [-0.39, 0.29) is 0 Å². The molecule has 0 aliphatic heterocycles. The van der Waals surface area contributed by atoms with Crippen molar-refractivity contribution < 1.29 is 4.74 Å². The summed E-state index contributed by atoms with van der Waals surface area (Å²) in [5.41, 5.74) is 0.958. The van der Waals surface area contributed by atoms with Gasteiger partial charge in [-0.2, -0.15) is 15.3 Å². The van der Waals surface area contributed by atoms with Crippen LogP contribution in [0.2, 0.25) is 0 Å². The van der Waals surface area contributed by atoms with Gasteiger partial charge in [0.1, 0.15) is 11.5 Å². The van der Waals surface area contributed by atoms with Gasteiger partial charge in [-0.15, -0.1) is 0 Å². The molecular weight excluding hydrogens is 250 g/mol. The minimum Gasteiger partial charge on any atom is -0.477 e. The molecule has 0 unspecified atom stereocenters. The zero-order valence-electron chi connectivity index (χ0n) is 10.5. The summed E-state index contributed by atoms with van der Waals surface area (Å²) in [7, 11) is 0. The van der Waals surface area contributed by atoms with Gasteiger partial charge in [0.2, 0.25) is 5.88 Å². The molecule has 0 saturated heterocycles. The Morgan fingerprint density at radius 1 is 1.39 bits per heavy atom. The summed E-state index contributed by atoms with van der Waals surface area (Å²) in [6.45, 7) is 4.97. The Bertz CT molecular complexity index is 616. The van der Waals surface area contributed by atoms with Crippen molar-refractivity contribution in [2.75, 3.05) is 12.9 Å². The number of aryl methyl sites for hydroxylation is 1. The average Bonchev–Trinajstić information content (AvgIpc) is 2.77. The van der Waals surface area contributed by atoms with Crippen LogP contribution < -0.4 is 4.74 Å². The highest BCUT2D eigenvalue weighted by Crippen LogP contribution is 2.28. The molecule has 6 nitrogen and oxygen atoms in total. The van der Waals surface area contributed by atoms with E-state index in [0.717, 1.165) is 0 Å². The zero-order valence-corrected chi connectivity index (χ0v) is 11.3. The van der Waals surface area contributed by atoms with Crippen LogP contribution in [0.25, 0.3) is 11.0 Å². The quantitative estimate of drug-likeness (QED) is 0.618. The third-order valence-electron chi connectivity index (χ3n) is 2.41. The molecule has 7 heteroatoms. The molecule has 0 saturated carbocycles. The van der Waals surface area contributed by atoms with Crippen LogP contribution in [0.4, 0.5) is 0 Å². The summed E-state index contributed by atoms with van der Waals surface area (Å²) in [5, 5.41) is 14.5. The maximum atomic E-state index is 9.12. The molecule has 2 heterocycles. The zero-order chi connectivity index (χ0) is 13.1. The second kappa shape index (κ2) is 5.23. The molecule has 2 rings (SSSR count). The molecule has 0 aliphatic carbocycles. The lowest BCUT2D eigenvalue weighted by Crippen LogP contribution is -2.01. The lowest BCUT2D eigenvalue weighted by Gasteiger charge is -2.05. The van der Waals surface area contributed by atoms with Crippen molar-refractivity contribution in [3.63, 3.8) is 0 Å². The fourth-order valence-corrected chi connectivity index (χ4v) is 2.01. The second-order valence-electron chi connectivity index (χ2n) is 3.42. The van der Waals surface area contributed by atoms with Crippen molar-refractivity contribution in [1.29, 1.82) is 5.26 Å². The number of hydrogen-bond donors (Lipinski definition) is 0. The maximum absolute atomic E-state index is 9.12. The van der Waals surface area contributed by atoms with Crippen molar-refractivity contribution >= 4 is 22.8 Å². The first-order valence-corrected chi connectivity index (χ1v) is 6.83. The number of ether oxygens (including phenoxy) is 1. The Labute approximate surface area is 109 Å². The monoisotopic (exact) mass is 263 g/mol. The molecule has 18 heavy (non-hydrogen) atoms. The van der Waals surface area contributed by atoms with Crippen LogP contribution in [0.3, 0.4) is 0 Å². The fraction of sp³-hybridized carbons (Fsp3) is 0.455. The van der Waals surface area contributed by atoms with E-state index in [1.807, 2.05) is 20.1 Å². The predicted molar refractivity (Wildman–Crippen MR) is 68.7 cm³/mol. The summed E-state index contributed by atoms with van der Waals surface area (Å²) in [4.78, 5) is 8.69. The molecular formula is C11H13N5OS. The van der Waals surface area contributed by atoms with Crippen LogP contribution >= 0.6 is 11.8 Å². The maximum Gasteiger partial charge on any atom is 0.230 e. The van der Waals surface area contributed by atoms with Gasteiger partial charge in [-0.3, -0.25) is 0 Å². The number of nitriles is 1. The molecule has 0 spiro atoms. The SMILES string of the molecule is CCOc1nc(SC)nc2c1c(C#N)nn2CC. The third kappa shape index (κ3) is 1.99. The molecule has 0 radical (unpaired) electrons. The molecule has 0 aromatic carbocycles. The van der Waals surface area contributed by atoms with E-state index < -0.39 is 0 Å². The van der Waals surface area contributed by atoms with Gasteiger partial charge in [0.15, 0.2) is 16.5 Å². The normalized spacial score (nSPS) is 10.6. The van der Waals surface area contributed by atoms with Gasteiger partial charge >= 0.3 is 0 Å². The second-order valence-corrected chi connectivity index (χ2v) is 4.20. The average molecular weight is 263 g/mol. The van der Waals surface area contributed by atoms with Gasteiger partial charge in [-0.1, -0.05) is 11.8 Å². The van der Waals surface area contributed by atoms with Gasteiger partial charge < -0.3 is 4.74 Å². The van der Waals surface area contributed by atoms with Gasteiger partial charge in [0.25, 0.3) is 0 Å². The summed E-state index contributed by atoms with van der Waals surface area (Å²) < 4.78 is 7.19. The molecule has 0 atom stereocenters.